The number of rotatable bonds is 5. The summed E-state index contributed by atoms with van der Waals surface area (Å²) in [6.07, 6.45) is 4.23. The Kier molecular flexibility index (Phi) is 3.90. The van der Waals surface area contributed by atoms with E-state index in [1.54, 1.807) is 41.3 Å². The standard InChI is InChI=1S/C12H15N5O/c13-11-4-2-10(3-5-11)12(18)14-6-1-8-17-9-7-15-16-17/h2-5,7,9H,1,6,8,13H2,(H,14,18). The molecule has 0 aliphatic rings. The van der Waals surface area contributed by atoms with Gasteiger partial charge in [0.2, 0.25) is 0 Å². The number of aromatic nitrogens is 3. The fraction of sp³-hybridized carbons (Fsp3) is 0.250. The number of hydrogen-bond acceptors (Lipinski definition) is 4. The lowest BCUT2D eigenvalue weighted by molar-refractivity contribution is 0.0952. The van der Waals surface area contributed by atoms with Crippen LogP contribution in [0.15, 0.2) is 36.7 Å². The van der Waals surface area contributed by atoms with Crippen molar-refractivity contribution in [3.05, 3.63) is 42.2 Å². The molecule has 0 fully saturated rings. The molecule has 0 saturated carbocycles. The number of anilines is 1. The first-order valence-corrected chi connectivity index (χ1v) is 5.73. The topological polar surface area (TPSA) is 85.8 Å². The highest BCUT2D eigenvalue weighted by Gasteiger charge is 2.03. The van der Waals surface area contributed by atoms with E-state index in [2.05, 4.69) is 15.6 Å². The number of amides is 1. The molecule has 6 nitrogen and oxygen atoms in total. The number of nitrogens with two attached hydrogens (primary N) is 1. The molecular weight excluding hydrogens is 230 g/mol. The molecule has 94 valence electrons. The monoisotopic (exact) mass is 245 g/mol. The van der Waals surface area contributed by atoms with E-state index in [1.165, 1.54) is 0 Å². The minimum Gasteiger partial charge on any atom is -0.399 e. The van der Waals surface area contributed by atoms with E-state index < -0.39 is 0 Å². The summed E-state index contributed by atoms with van der Waals surface area (Å²) in [5.74, 6) is -0.0893. The van der Waals surface area contributed by atoms with Crippen LogP contribution in [0, 0.1) is 0 Å². The highest BCUT2D eigenvalue weighted by Crippen LogP contribution is 2.04. The first kappa shape index (κ1) is 12.1. The summed E-state index contributed by atoms with van der Waals surface area (Å²) in [7, 11) is 0. The molecule has 0 saturated heterocycles. The van der Waals surface area contributed by atoms with E-state index in [0.717, 1.165) is 13.0 Å². The second kappa shape index (κ2) is 5.81. The Hall–Kier alpha value is -2.37. The number of nitrogens with zero attached hydrogens (tertiary/aromatic N) is 3. The normalized spacial score (nSPS) is 10.2. The van der Waals surface area contributed by atoms with Crippen molar-refractivity contribution in [1.82, 2.24) is 20.3 Å². The van der Waals surface area contributed by atoms with E-state index in [1.807, 2.05) is 0 Å². The van der Waals surface area contributed by atoms with Crippen LogP contribution in [0.4, 0.5) is 5.69 Å². The molecule has 18 heavy (non-hydrogen) atoms. The third-order valence-electron chi connectivity index (χ3n) is 2.49. The van der Waals surface area contributed by atoms with Gasteiger partial charge in [-0.3, -0.25) is 9.48 Å². The van der Waals surface area contributed by atoms with E-state index in [-0.39, 0.29) is 5.91 Å². The van der Waals surface area contributed by atoms with Gasteiger partial charge in [-0.25, -0.2) is 0 Å². The molecule has 0 atom stereocenters. The van der Waals surface area contributed by atoms with Gasteiger partial charge in [-0.05, 0) is 30.7 Å². The average molecular weight is 245 g/mol. The smallest absolute Gasteiger partial charge is 0.251 e. The van der Waals surface area contributed by atoms with Crippen LogP contribution in [0.1, 0.15) is 16.8 Å². The van der Waals surface area contributed by atoms with Gasteiger partial charge in [0.15, 0.2) is 0 Å². The van der Waals surface area contributed by atoms with Crippen molar-refractivity contribution in [3.63, 3.8) is 0 Å². The molecule has 3 N–H and O–H groups in total. The van der Waals surface area contributed by atoms with Gasteiger partial charge < -0.3 is 11.1 Å². The maximum atomic E-state index is 11.7. The summed E-state index contributed by atoms with van der Waals surface area (Å²) in [5, 5.41) is 10.4. The van der Waals surface area contributed by atoms with E-state index >= 15 is 0 Å². The Morgan fingerprint density at radius 2 is 2.11 bits per heavy atom. The van der Waals surface area contributed by atoms with Gasteiger partial charge in [-0.1, -0.05) is 5.21 Å². The summed E-state index contributed by atoms with van der Waals surface area (Å²) >= 11 is 0. The lowest BCUT2D eigenvalue weighted by Gasteiger charge is -2.05. The van der Waals surface area contributed by atoms with Crippen LogP contribution < -0.4 is 11.1 Å². The number of nitrogens with one attached hydrogen (secondary N) is 1. The van der Waals surface area contributed by atoms with Gasteiger partial charge in [0, 0.05) is 30.5 Å². The van der Waals surface area contributed by atoms with Gasteiger partial charge in [0.1, 0.15) is 0 Å². The minimum atomic E-state index is -0.0893. The van der Waals surface area contributed by atoms with Crippen LogP contribution in [0.2, 0.25) is 0 Å². The van der Waals surface area contributed by atoms with Gasteiger partial charge in [0.25, 0.3) is 5.91 Å². The minimum absolute atomic E-state index is 0.0893. The van der Waals surface area contributed by atoms with Crippen molar-refractivity contribution in [3.8, 4) is 0 Å². The molecule has 0 aliphatic carbocycles. The van der Waals surface area contributed by atoms with Gasteiger partial charge in [-0.15, -0.1) is 5.10 Å². The maximum absolute atomic E-state index is 11.7. The molecule has 0 bridgehead atoms. The molecular formula is C12H15N5O. The SMILES string of the molecule is Nc1ccc(C(=O)NCCCn2ccnn2)cc1. The zero-order chi connectivity index (χ0) is 12.8. The molecule has 2 rings (SSSR count). The van der Waals surface area contributed by atoms with Gasteiger partial charge in [-0.2, -0.15) is 0 Å². The zero-order valence-electron chi connectivity index (χ0n) is 9.91. The van der Waals surface area contributed by atoms with Crippen molar-refractivity contribution >= 4 is 11.6 Å². The summed E-state index contributed by atoms with van der Waals surface area (Å²) in [6, 6.07) is 6.85. The zero-order valence-corrected chi connectivity index (χ0v) is 9.91. The predicted octanol–water partition coefficient (Wildman–Crippen LogP) is 0.680. The van der Waals surface area contributed by atoms with Crippen molar-refractivity contribution in [2.45, 2.75) is 13.0 Å². The molecule has 1 amide bonds. The van der Waals surface area contributed by atoms with E-state index in [4.69, 9.17) is 5.73 Å². The summed E-state index contributed by atoms with van der Waals surface area (Å²) in [5.41, 5.74) is 6.82. The Bertz CT molecular complexity index is 492. The lowest BCUT2D eigenvalue weighted by atomic mass is 10.2. The molecule has 2 aromatic rings. The third kappa shape index (κ3) is 3.31. The Balaban J connectivity index is 1.73. The Morgan fingerprint density at radius 1 is 1.33 bits per heavy atom. The van der Waals surface area contributed by atoms with Crippen molar-refractivity contribution in [1.29, 1.82) is 0 Å². The second-order valence-corrected chi connectivity index (χ2v) is 3.90. The molecule has 0 unspecified atom stereocenters. The average Bonchev–Trinajstić information content (AvgIpc) is 2.88. The molecule has 0 radical (unpaired) electrons. The summed E-state index contributed by atoms with van der Waals surface area (Å²) in [6.45, 7) is 1.34. The second-order valence-electron chi connectivity index (χ2n) is 3.90. The number of benzene rings is 1. The highest BCUT2D eigenvalue weighted by molar-refractivity contribution is 5.94. The first-order chi connectivity index (χ1) is 8.75. The number of aryl methyl sites for hydroxylation is 1. The third-order valence-corrected chi connectivity index (χ3v) is 2.49. The molecule has 1 aromatic carbocycles. The number of nitrogen functional groups attached to an aromatic ring is 1. The largest absolute Gasteiger partial charge is 0.399 e. The van der Waals surface area contributed by atoms with Crippen LogP contribution in [0.25, 0.3) is 0 Å². The first-order valence-electron chi connectivity index (χ1n) is 5.73. The van der Waals surface area contributed by atoms with Crippen LogP contribution in [-0.2, 0) is 6.54 Å². The fourth-order valence-electron chi connectivity index (χ4n) is 1.53. The van der Waals surface area contributed by atoms with Gasteiger partial charge in [0.05, 0.1) is 6.20 Å². The van der Waals surface area contributed by atoms with E-state index in [9.17, 15) is 4.79 Å². The Morgan fingerprint density at radius 3 is 2.78 bits per heavy atom. The predicted molar refractivity (Wildman–Crippen MR) is 67.8 cm³/mol. The summed E-state index contributed by atoms with van der Waals surface area (Å²) < 4.78 is 1.73. The number of carbonyl (C=O) groups excluding carboxylic acids is 1. The van der Waals surface area contributed by atoms with Crippen molar-refractivity contribution in [2.24, 2.45) is 0 Å². The molecule has 1 heterocycles. The van der Waals surface area contributed by atoms with Crippen LogP contribution in [-0.4, -0.2) is 27.4 Å². The van der Waals surface area contributed by atoms with Crippen LogP contribution in [0.3, 0.4) is 0 Å². The maximum Gasteiger partial charge on any atom is 0.251 e. The molecule has 6 heteroatoms. The quantitative estimate of drug-likeness (QED) is 0.599. The van der Waals surface area contributed by atoms with Crippen molar-refractivity contribution < 1.29 is 4.79 Å². The number of hydrogen-bond donors (Lipinski definition) is 2. The molecule has 0 aliphatic heterocycles. The van der Waals surface area contributed by atoms with Crippen molar-refractivity contribution in [2.75, 3.05) is 12.3 Å². The van der Waals surface area contributed by atoms with E-state index in [0.29, 0.717) is 17.8 Å². The fourth-order valence-corrected chi connectivity index (χ4v) is 1.53. The van der Waals surface area contributed by atoms with Gasteiger partial charge >= 0.3 is 0 Å². The molecule has 1 aromatic heterocycles. The number of carbonyl (C=O) groups is 1. The molecule has 0 spiro atoms. The Labute approximate surface area is 105 Å². The highest BCUT2D eigenvalue weighted by atomic mass is 16.1. The van der Waals surface area contributed by atoms with Crippen LogP contribution in [0.5, 0.6) is 0 Å². The lowest BCUT2D eigenvalue weighted by Crippen LogP contribution is -2.25. The summed E-state index contributed by atoms with van der Waals surface area (Å²) in [4.78, 5) is 11.7. The van der Waals surface area contributed by atoms with Crippen LogP contribution >= 0.6 is 0 Å².